The minimum absolute atomic E-state index is 0.0343. The van der Waals surface area contributed by atoms with Crippen LogP contribution in [-0.2, 0) is 6.42 Å². The highest BCUT2D eigenvalue weighted by molar-refractivity contribution is 6.31. The van der Waals surface area contributed by atoms with Gasteiger partial charge in [-0.05, 0) is 43.0 Å². The molecule has 0 unspecified atom stereocenters. The zero-order valence-corrected chi connectivity index (χ0v) is 12.7. The molecule has 1 nitrogen and oxygen atoms in total. The fourth-order valence-electron chi connectivity index (χ4n) is 2.20. The molecule has 0 atom stereocenters. The summed E-state index contributed by atoms with van der Waals surface area (Å²) in [6.07, 6.45) is 3.43. The van der Waals surface area contributed by atoms with E-state index in [0.717, 1.165) is 17.5 Å². The first-order chi connectivity index (χ1) is 9.61. The molecule has 0 spiro atoms. The van der Waals surface area contributed by atoms with Gasteiger partial charge in [0.05, 0.1) is 0 Å². The molecule has 2 aromatic carbocycles. The number of hydrogen-bond donors (Lipinski definition) is 0. The van der Waals surface area contributed by atoms with Crippen molar-refractivity contribution < 1.29 is 4.79 Å². The molecule has 0 amide bonds. The molecule has 0 aliphatic carbocycles. The molecular formula is C18H19ClO. The van der Waals surface area contributed by atoms with Crippen LogP contribution >= 0.6 is 11.6 Å². The number of hydrogen-bond acceptors (Lipinski definition) is 1. The summed E-state index contributed by atoms with van der Waals surface area (Å²) in [5, 5.41) is 0.596. The van der Waals surface area contributed by atoms with E-state index in [1.54, 1.807) is 6.07 Å². The summed E-state index contributed by atoms with van der Waals surface area (Å²) in [4.78, 5) is 12.5. The van der Waals surface area contributed by atoms with Gasteiger partial charge >= 0.3 is 0 Å². The Labute approximate surface area is 125 Å². The number of halogens is 1. The number of benzene rings is 2. The molecule has 0 fully saturated rings. The van der Waals surface area contributed by atoms with Gasteiger partial charge in [0.2, 0.25) is 0 Å². The Balaban J connectivity index is 2.22. The van der Waals surface area contributed by atoms with Crippen LogP contribution in [0.3, 0.4) is 0 Å². The molecule has 0 saturated heterocycles. The van der Waals surface area contributed by atoms with Gasteiger partial charge in [-0.15, -0.1) is 0 Å². The number of carbonyl (C=O) groups excluding carboxylic acids is 1. The van der Waals surface area contributed by atoms with Gasteiger partial charge in [0.1, 0.15) is 0 Å². The Bertz CT molecular complexity index is 599. The lowest BCUT2D eigenvalue weighted by Gasteiger charge is -2.07. The van der Waals surface area contributed by atoms with Crippen molar-refractivity contribution in [3.8, 4) is 0 Å². The normalized spacial score (nSPS) is 10.6. The van der Waals surface area contributed by atoms with E-state index in [2.05, 4.69) is 6.92 Å². The molecule has 0 bridgehead atoms. The minimum atomic E-state index is 0.0343. The molecule has 0 saturated carbocycles. The molecule has 0 aliphatic rings. The van der Waals surface area contributed by atoms with Crippen molar-refractivity contribution >= 4 is 17.4 Å². The van der Waals surface area contributed by atoms with E-state index >= 15 is 0 Å². The third-order valence-corrected chi connectivity index (χ3v) is 3.71. The van der Waals surface area contributed by atoms with Crippen LogP contribution < -0.4 is 0 Å². The summed E-state index contributed by atoms with van der Waals surface area (Å²) in [6, 6.07) is 13.3. The zero-order valence-electron chi connectivity index (χ0n) is 11.9. The number of rotatable bonds is 5. The predicted octanol–water partition coefficient (Wildman–Crippen LogP) is 5.22. The van der Waals surface area contributed by atoms with Gasteiger partial charge in [0.15, 0.2) is 5.78 Å². The molecule has 2 aromatic rings. The Morgan fingerprint density at radius 3 is 2.45 bits per heavy atom. The fourth-order valence-corrected chi connectivity index (χ4v) is 2.37. The highest BCUT2D eigenvalue weighted by atomic mass is 35.5. The second-order valence-electron chi connectivity index (χ2n) is 5.09. The Morgan fingerprint density at radius 1 is 1.10 bits per heavy atom. The van der Waals surface area contributed by atoms with Crippen LogP contribution in [0, 0.1) is 6.92 Å². The van der Waals surface area contributed by atoms with Gasteiger partial charge in [-0.1, -0.05) is 55.3 Å². The van der Waals surface area contributed by atoms with E-state index in [0.29, 0.717) is 10.6 Å². The van der Waals surface area contributed by atoms with Gasteiger partial charge in [0, 0.05) is 16.1 Å². The number of unbranched alkanes of at least 4 members (excludes halogenated alkanes) is 1. The van der Waals surface area contributed by atoms with E-state index in [1.165, 1.54) is 18.4 Å². The maximum atomic E-state index is 12.5. The van der Waals surface area contributed by atoms with Crippen LogP contribution in [-0.4, -0.2) is 5.78 Å². The molecule has 0 heterocycles. The smallest absolute Gasteiger partial charge is 0.193 e. The van der Waals surface area contributed by atoms with Gasteiger partial charge in [-0.2, -0.15) is 0 Å². The van der Waals surface area contributed by atoms with Crippen molar-refractivity contribution in [3.05, 3.63) is 69.7 Å². The maximum Gasteiger partial charge on any atom is 0.193 e. The predicted molar refractivity (Wildman–Crippen MR) is 84.7 cm³/mol. The summed E-state index contributed by atoms with van der Waals surface area (Å²) in [7, 11) is 0. The van der Waals surface area contributed by atoms with Crippen molar-refractivity contribution in [2.75, 3.05) is 0 Å². The number of ketones is 1. The van der Waals surface area contributed by atoms with Crippen LogP contribution in [0.25, 0.3) is 0 Å². The van der Waals surface area contributed by atoms with E-state index in [9.17, 15) is 4.79 Å². The second-order valence-corrected chi connectivity index (χ2v) is 5.53. The molecule has 20 heavy (non-hydrogen) atoms. The maximum absolute atomic E-state index is 12.5. The van der Waals surface area contributed by atoms with Gasteiger partial charge < -0.3 is 0 Å². The van der Waals surface area contributed by atoms with Crippen LogP contribution in [0.4, 0.5) is 0 Å². The second kappa shape index (κ2) is 6.71. The van der Waals surface area contributed by atoms with E-state index in [4.69, 9.17) is 11.6 Å². The molecule has 0 N–H and O–H groups in total. The average Bonchev–Trinajstić information content (AvgIpc) is 2.47. The lowest BCUT2D eigenvalue weighted by atomic mass is 9.97. The Kier molecular flexibility index (Phi) is 4.97. The third kappa shape index (κ3) is 3.49. The minimum Gasteiger partial charge on any atom is -0.289 e. The average molecular weight is 287 g/mol. The van der Waals surface area contributed by atoms with Crippen LogP contribution in [0.15, 0.2) is 42.5 Å². The SMILES string of the molecule is CCCCc1ccc(C(=O)c2cc(Cl)ccc2C)cc1. The molecule has 104 valence electrons. The van der Waals surface area contributed by atoms with Crippen molar-refractivity contribution in [2.45, 2.75) is 33.1 Å². The highest BCUT2D eigenvalue weighted by Gasteiger charge is 2.12. The van der Waals surface area contributed by atoms with Crippen LogP contribution in [0.5, 0.6) is 0 Å². The molecule has 2 heteroatoms. The van der Waals surface area contributed by atoms with Crippen molar-refractivity contribution in [3.63, 3.8) is 0 Å². The third-order valence-electron chi connectivity index (χ3n) is 3.48. The summed E-state index contributed by atoms with van der Waals surface area (Å²) < 4.78 is 0. The molecular weight excluding hydrogens is 268 g/mol. The summed E-state index contributed by atoms with van der Waals surface area (Å²) in [5.74, 6) is 0.0343. The first kappa shape index (κ1) is 14.8. The summed E-state index contributed by atoms with van der Waals surface area (Å²) in [6.45, 7) is 4.11. The lowest BCUT2D eigenvalue weighted by molar-refractivity contribution is 0.103. The largest absolute Gasteiger partial charge is 0.289 e. The van der Waals surface area contributed by atoms with Crippen LogP contribution in [0.1, 0.15) is 46.8 Å². The first-order valence-electron chi connectivity index (χ1n) is 7.01. The quantitative estimate of drug-likeness (QED) is 0.689. The topological polar surface area (TPSA) is 17.1 Å². The number of carbonyl (C=O) groups is 1. The van der Waals surface area contributed by atoms with Gasteiger partial charge in [0.25, 0.3) is 0 Å². The highest BCUT2D eigenvalue weighted by Crippen LogP contribution is 2.19. The van der Waals surface area contributed by atoms with Crippen molar-refractivity contribution in [1.29, 1.82) is 0 Å². The Morgan fingerprint density at radius 2 is 1.80 bits per heavy atom. The number of aryl methyl sites for hydroxylation is 2. The molecule has 2 rings (SSSR count). The Hall–Kier alpha value is -1.60. The molecule has 0 radical (unpaired) electrons. The summed E-state index contributed by atoms with van der Waals surface area (Å²) in [5.41, 5.74) is 3.63. The van der Waals surface area contributed by atoms with E-state index < -0.39 is 0 Å². The fraction of sp³-hybridized carbons (Fsp3) is 0.278. The van der Waals surface area contributed by atoms with Crippen molar-refractivity contribution in [2.24, 2.45) is 0 Å². The monoisotopic (exact) mass is 286 g/mol. The van der Waals surface area contributed by atoms with Crippen molar-refractivity contribution in [1.82, 2.24) is 0 Å². The van der Waals surface area contributed by atoms with Gasteiger partial charge in [-0.25, -0.2) is 0 Å². The zero-order chi connectivity index (χ0) is 14.5. The molecule has 0 aromatic heterocycles. The summed E-state index contributed by atoms with van der Waals surface area (Å²) >= 11 is 5.98. The van der Waals surface area contributed by atoms with Gasteiger partial charge in [-0.3, -0.25) is 4.79 Å². The molecule has 0 aliphatic heterocycles. The first-order valence-corrected chi connectivity index (χ1v) is 7.39. The van der Waals surface area contributed by atoms with Crippen LogP contribution in [0.2, 0.25) is 5.02 Å². The lowest BCUT2D eigenvalue weighted by Crippen LogP contribution is -2.03. The van der Waals surface area contributed by atoms with E-state index in [1.807, 2.05) is 43.3 Å². The standard InChI is InChI=1S/C18H19ClO/c1-3-4-5-14-7-9-15(10-8-14)18(20)17-12-16(19)11-6-13(17)2/h6-12H,3-5H2,1-2H3. The van der Waals surface area contributed by atoms with E-state index in [-0.39, 0.29) is 5.78 Å².